The van der Waals surface area contributed by atoms with Gasteiger partial charge in [0.1, 0.15) is 11.1 Å². The fourth-order valence-electron chi connectivity index (χ4n) is 1.72. The number of thioether (sulfide) groups is 1. The quantitative estimate of drug-likeness (QED) is 0.818. The molecule has 1 heterocycles. The molecular formula is C15H12N4O2S. The van der Waals surface area contributed by atoms with Gasteiger partial charge in [-0.15, -0.1) is 0 Å². The van der Waals surface area contributed by atoms with Gasteiger partial charge in [-0.3, -0.25) is 9.59 Å². The minimum absolute atomic E-state index is 0.0682. The molecule has 0 aliphatic rings. The standard InChI is InChI=1S/C15H12N4O2S/c16-8-10-4-3-7-18-15(10)22-9-13(20)19-12-6-2-1-5-11(12)14(17)21/h1-7H,9H2,(H2,17,21)(H,19,20). The Labute approximate surface area is 131 Å². The summed E-state index contributed by atoms with van der Waals surface area (Å²) in [5, 5.41) is 12.1. The Balaban J connectivity index is 2.03. The number of nitriles is 1. The van der Waals surface area contributed by atoms with Crippen molar-refractivity contribution in [2.24, 2.45) is 5.73 Å². The van der Waals surface area contributed by atoms with Gasteiger partial charge in [0.2, 0.25) is 5.91 Å². The maximum atomic E-state index is 12.0. The van der Waals surface area contributed by atoms with Crippen molar-refractivity contribution in [1.29, 1.82) is 5.26 Å². The van der Waals surface area contributed by atoms with Gasteiger partial charge in [0, 0.05) is 6.20 Å². The molecule has 0 fully saturated rings. The minimum Gasteiger partial charge on any atom is -0.366 e. The molecule has 110 valence electrons. The summed E-state index contributed by atoms with van der Waals surface area (Å²) in [6.45, 7) is 0. The zero-order valence-electron chi connectivity index (χ0n) is 11.4. The van der Waals surface area contributed by atoms with Crippen LogP contribution in [0, 0.1) is 11.3 Å². The molecule has 0 atom stereocenters. The molecule has 0 unspecified atom stereocenters. The third kappa shape index (κ3) is 3.84. The van der Waals surface area contributed by atoms with Gasteiger partial charge in [-0.05, 0) is 24.3 Å². The highest BCUT2D eigenvalue weighted by molar-refractivity contribution is 8.00. The molecular weight excluding hydrogens is 300 g/mol. The number of carbonyl (C=O) groups is 2. The summed E-state index contributed by atoms with van der Waals surface area (Å²) in [5.41, 5.74) is 6.28. The van der Waals surface area contributed by atoms with Crippen LogP contribution >= 0.6 is 11.8 Å². The highest BCUT2D eigenvalue weighted by atomic mass is 32.2. The van der Waals surface area contributed by atoms with Crippen molar-refractivity contribution >= 4 is 29.3 Å². The molecule has 0 spiro atoms. The Morgan fingerprint density at radius 2 is 2.05 bits per heavy atom. The number of para-hydroxylation sites is 1. The minimum atomic E-state index is -0.611. The highest BCUT2D eigenvalue weighted by Gasteiger charge is 2.11. The van der Waals surface area contributed by atoms with Crippen molar-refractivity contribution in [2.75, 3.05) is 11.1 Å². The Kier molecular flexibility index (Phi) is 5.11. The Hall–Kier alpha value is -2.85. The lowest BCUT2D eigenvalue weighted by atomic mass is 10.1. The number of primary amides is 1. The van der Waals surface area contributed by atoms with Crippen LogP contribution in [0.3, 0.4) is 0 Å². The first kappa shape index (κ1) is 15.5. The molecule has 22 heavy (non-hydrogen) atoms. The molecule has 1 aromatic heterocycles. The van der Waals surface area contributed by atoms with Crippen molar-refractivity contribution in [3.05, 3.63) is 53.7 Å². The second-order valence-electron chi connectivity index (χ2n) is 4.21. The Morgan fingerprint density at radius 1 is 1.27 bits per heavy atom. The lowest BCUT2D eigenvalue weighted by Gasteiger charge is -2.08. The van der Waals surface area contributed by atoms with Gasteiger partial charge < -0.3 is 11.1 Å². The number of nitrogens with two attached hydrogens (primary N) is 1. The third-order valence-electron chi connectivity index (χ3n) is 2.70. The van der Waals surface area contributed by atoms with Crippen LogP contribution in [0.4, 0.5) is 5.69 Å². The van der Waals surface area contributed by atoms with Gasteiger partial charge >= 0.3 is 0 Å². The van der Waals surface area contributed by atoms with E-state index in [-0.39, 0.29) is 17.2 Å². The summed E-state index contributed by atoms with van der Waals surface area (Å²) in [5.74, 6) is -0.855. The molecule has 3 N–H and O–H groups in total. The molecule has 0 bridgehead atoms. The molecule has 7 heteroatoms. The summed E-state index contributed by atoms with van der Waals surface area (Å²) in [4.78, 5) is 27.3. The Bertz CT molecular complexity index is 755. The lowest BCUT2D eigenvalue weighted by molar-refractivity contribution is -0.113. The van der Waals surface area contributed by atoms with Crippen LogP contribution < -0.4 is 11.1 Å². The molecule has 0 radical (unpaired) electrons. The average molecular weight is 312 g/mol. The number of anilines is 1. The second-order valence-corrected chi connectivity index (χ2v) is 5.18. The van der Waals surface area contributed by atoms with E-state index in [1.807, 2.05) is 6.07 Å². The highest BCUT2D eigenvalue weighted by Crippen LogP contribution is 2.20. The summed E-state index contributed by atoms with van der Waals surface area (Å²) in [7, 11) is 0. The zero-order valence-corrected chi connectivity index (χ0v) is 12.3. The molecule has 2 aromatic rings. The van der Waals surface area contributed by atoms with E-state index in [1.54, 1.807) is 36.5 Å². The SMILES string of the molecule is N#Cc1cccnc1SCC(=O)Nc1ccccc1C(N)=O. The maximum Gasteiger partial charge on any atom is 0.250 e. The number of nitrogens with zero attached hydrogens (tertiary/aromatic N) is 2. The average Bonchev–Trinajstić information content (AvgIpc) is 2.53. The predicted molar refractivity (Wildman–Crippen MR) is 83.3 cm³/mol. The van der Waals surface area contributed by atoms with Crippen LogP contribution in [0.15, 0.2) is 47.6 Å². The summed E-state index contributed by atoms with van der Waals surface area (Å²) in [6.07, 6.45) is 1.56. The number of benzene rings is 1. The van der Waals surface area contributed by atoms with Crippen LogP contribution in [0.1, 0.15) is 15.9 Å². The van der Waals surface area contributed by atoms with Crippen LogP contribution in [0.5, 0.6) is 0 Å². The summed E-state index contributed by atoms with van der Waals surface area (Å²) < 4.78 is 0. The van der Waals surface area contributed by atoms with Crippen LogP contribution in [-0.4, -0.2) is 22.6 Å². The molecule has 2 amide bonds. The zero-order chi connectivity index (χ0) is 15.9. The molecule has 1 aromatic carbocycles. The van der Waals surface area contributed by atoms with E-state index in [4.69, 9.17) is 11.0 Å². The van der Waals surface area contributed by atoms with Gasteiger partial charge in [0.15, 0.2) is 0 Å². The fraction of sp³-hybridized carbons (Fsp3) is 0.0667. The van der Waals surface area contributed by atoms with E-state index < -0.39 is 5.91 Å². The molecule has 0 aliphatic heterocycles. The van der Waals surface area contributed by atoms with Gasteiger partial charge in [0.05, 0.1) is 22.6 Å². The van der Waals surface area contributed by atoms with Crippen LogP contribution in [-0.2, 0) is 4.79 Å². The first-order valence-electron chi connectivity index (χ1n) is 6.28. The third-order valence-corrected chi connectivity index (χ3v) is 3.70. The maximum absolute atomic E-state index is 12.0. The summed E-state index contributed by atoms with van der Waals surface area (Å²) >= 11 is 1.15. The topological polar surface area (TPSA) is 109 Å². The molecule has 2 rings (SSSR count). The number of nitrogens with one attached hydrogen (secondary N) is 1. The van der Waals surface area contributed by atoms with E-state index in [0.717, 1.165) is 11.8 Å². The predicted octanol–water partition coefficient (Wildman–Crippen LogP) is 1.78. The molecule has 0 saturated carbocycles. The van der Waals surface area contributed by atoms with E-state index >= 15 is 0 Å². The summed E-state index contributed by atoms with van der Waals surface area (Å²) in [6, 6.07) is 11.8. The van der Waals surface area contributed by atoms with Gasteiger partial charge in [-0.1, -0.05) is 23.9 Å². The van der Waals surface area contributed by atoms with Gasteiger partial charge in [-0.25, -0.2) is 4.98 Å². The number of hydrogen-bond acceptors (Lipinski definition) is 5. The molecule has 0 aliphatic carbocycles. The van der Waals surface area contributed by atoms with Crippen molar-refractivity contribution in [3.63, 3.8) is 0 Å². The lowest BCUT2D eigenvalue weighted by Crippen LogP contribution is -2.19. The van der Waals surface area contributed by atoms with E-state index in [0.29, 0.717) is 16.3 Å². The molecule has 6 nitrogen and oxygen atoms in total. The van der Waals surface area contributed by atoms with Crippen molar-refractivity contribution < 1.29 is 9.59 Å². The van der Waals surface area contributed by atoms with Crippen LogP contribution in [0.2, 0.25) is 0 Å². The normalized spacial score (nSPS) is 9.77. The van der Waals surface area contributed by atoms with Crippen LogP contribution in [0.25, 0.3) is 0 Å². The molecule has 0 saturated heterocycles. The smallest absolute Gasteiger partial charge is 0.250 e. The number of carbonyl (C=O) groups excluding carboxylic acids is 2. The van der Waals surface area contributed by atoms with Gasteiger partial charge in [0.25, 0.3) is 5.91 Å². The van der Waals surface area contributed by atoms with E-state index in [2.05, 4.69) is 10.3 Å². The first-order chi connectivity index (χ1) is 10.6. The number of hydrogen-bond donors (Lipinski definition) is 2. The number of pyridine rings is 1. The fourth-order valence-corrected chi connectivity index (χ4v) is 2.46. The first-order valence-corrected chi connectivity index (χ1v) is 7.27. The van der Waals surface area contributed by atoms with Crippen molar-refractivity contribution in [1.82, 2.24) is 4.98 Å². The van der Waals surface area contributed by atoms with Crippen molar-refractivity contribution in [2.45, 2.75) is 5.03 Å². The number of amides is 2. The van der Waals surface area contributed by atoms with Gasteiger partial charge in [-0.2, -0.15) is 5.26 Å². The van der Waals surface area contributed by atoms with E-state index in [9.17, 15) is 9.59 Å². The Morgan fingerprint density at radius 3 is 2.77 bits per heavy atom. The number of aromatic nitrogens is 1. The monoisotopic (exact) mass is 312 g/mol. The largest absolute Gasteiger partial charge is 0.366 e. The number of rotatable bonds is 5. The van der Waals surface area contributed by atoms with Crippen molar-refractivity contribution in [3.8, 4) is 6.07 Å². The second kappa shape index (κ2) is 7.24. The van der Waals surface area contributed by atoms with E-state index in [1.165, 1.54) is 6.07 Å².